The first-order valence-electron chi connectivity index (χ1n) is 8.18. The van der Waals surface area contributed by atoms with Crippen molar-refractivity contribution < 1.29 is 9.47 Å². The fourth-order valence-electron chi connectivity index (χ4n) is 2.36. The molecule has 0 aliphatic rings. The van der Waals surface area contributed by atoms with E-state index in [1.807, 2.05) is 54.6 Å². The molecule has 0 radical (unpaired) electrons. The lowest BCUT2D eigenvalue weighted by molar-refractivity contribution is 0.284. The van der Waals surface area contributed by atoms with E-state index in [1.54, 1.807) is 19.4 Å². The SMILES string of the molecule is COc1cc(CNNc2ccccc2)ccc1OCc1ccc(Cl)nc1. The van der Waals surface area contributed by atoms with Gasteiger partial charge < -0.3 is 14.9 Å². The van der Waals surface area contributed by atoms with Crippen molar-refractivity contribution in [3.63, 3.8) is 0 Å². The Kier molecular flexibility index (Phi) is 6.30. The topological polar surface area (TPSA) is 55.4 Å². The lowest BCUT2D eigenvalue weighted by Crippen LogP contribution is -2.20. The number of methoxy groups -OCH3 is 1. The molecule has 26 heavy (non-hydrogen) atoms. The summed E-state index contributed by atoms with van der Waals surface area (Å²) in [6.45, 7) is 1.04. The van der Waals surface area contributed by atoms with Crippen molar-refractivity contribution in [3.05, 3.63) is 83.1 Å². The quantitative estimate of drug-likeness (QED) is 0.454. The number of anilines is 1. The first-order valence-corrected chi connectivity index (χ1v) is 8.56. The first-order chi connectivity index (χ1) is 12.7. The third kappa shape index (κ3) is 5.12. The number of hydrogen-bond donors (Lipinski definition) is 2. The van der Waals surface area contributed by atoms with Gasteiger partial charge in [-0.05, 0) is 35.9 Å². The second-order valence-electron chi connectivity index (χ2n) is 5.61. The van der Waals surface area contributed by atoms with E-state index < -0.39 is 0 Å². The Morgan fingerprint density at radius 2 is 1.77 bits per heavy atom. The molecule has 0 saturated carbocycles. The van der Waals surface area contributed by atoms with E-state index >= 15 is 0 Å². The Morgan fingerprint density at radius 3 is 2.50 bits per heavy atom. The number of nitrogens with zero attached hydrogens (tertiary/aromatic N) is 1. The van der Waals surface area contributed by atoms with E-state index in [-0.39, 0.29) is 0 Å². The molecule has 0 unspecified atom stereocenters. The molecule has 0 bridgehead atoms. The van der Waals surface area contributed by atoms with Crippen molar-refractivity contribution in [2.75, 3.05) is 12.5 Å². The second-order valence-corrected chi connectivity index (χ2v) is 5.99. The Bertz CT molecular complexity index is 826. The summed E-state index contributed by atoms with van der Waals surface area (Å²) < 4.78 is 11.3. The number of ether oxygens (including phenoxy) is 2. The summed E-state index contributed by atoms with van der Waals surface area (Å²) in [7, 11) is 1.63. The van der Waals surface area contributed by atoms with Gasteiger partial charge in [0.1, 0.15) is 11.8 Å². The average Bonchev–Trinajstić information content (AvgIpc) is 2.69. The van der Waals surface area contributed by atoms with Crippen LogP contribution < -0.4 is 20.3 Å². The van der Waals surface area contributed by atoms with Gasteiger partial charge in [0.25, 0.3) is 0 Å². The number of para-hydroxylation sites is 1. The monoisotopic (exact) mass is 369 g/mol. The maximum Gasteiger partial charge on any atom is 0.161 e. The fraction of sp³-hybridized carbons (Fsp3) is 0.150. The normalized spacial score (nSPS) is 10.4. The van der Waals surface area contributed by atoms with Crippen molar-refractivity contribution in [2.45, 2.75) is 13.2 Å². The van der Waals surface area contributed by atoms with Crippen molar-refractivity contribution in [1.29, 1.82) is 0 Å². The third-order valence-electron chi connectivity index (χ3n) is 3.71. The van der Waals surface area contributed by atoms with Crippen LogP contribution in [0.15, 0.2) is 66.9 Å². The Hall–Kier alpha value is -2.76. The van der Waals surface area contributed by atoms with Gasteiger partial charge in [-0.15, -0.1) is 0 Å². The Labute approximate surface area is 157 Å². The van der Waals surface area contributed by atoms with Gasteiger partial charge in [0.05, 0.1) is 7.11 Å². The van der Waals surface area contributed by atoms with Gasteiger partial charge in [0.2, 0.25) is 0 Å². The molecule has 0 aliphatic heterocycles. The standard InChI is InChI=1S/C20H20ClN3O2/c1-25-19-11-15(13-23-24-17-5-3-2-4-6-17)7-9-18(19)26-14-16-8-10-20(21)22-12-16/h2-12,23-24H,13-14H2,1H3. The van der Waals surface area contributed by atoms with E-state index in [1.165, 1.54) is 0 Å². The van der Waals surface area contributed by atoms with Gasteiger partial charge >= 0.3 is 0 Å². The van der Waals surface area contributed by atoms with E-state index in [9.17, 15) is 0 Å². The molecule has 5 nitrogen and oxygen atoms in total. The van der Waals surface area contributed by atoms with Crippen molar-refractivity contribution >= 4 is 17.3 Å². The molecule has 1 heterocycles. The van der Waals surface area contributed by atoms with E-state index in [0.29, 0.717) is 29.8 Å². The van der Waals surface area contributed by atoms with E-state index in [2.05, 4.69) is 15.8 Å². The molecule has 3 aromatic rings. The summed E-state index contributed by atoms with van der Waals surface area (Å²) in [4.78, 5) is 4.05. The third-order valence-corrected chi connectivity index (χ3v) is 3.93. The van der Waals surface area contributed by atoms with Crippen LogP contribution in [0.3, 0.4) is 0 Å². The molecule has 0 fully saturated rings. The van der Waals surface area contributed by atoms with Crippen molar-refractivity contribution in [2.24, 2.45) is 0 Å². The highest BCUT2D eigenvalue weighted by atomic mass is 35.5. The highest BCUT2D eigenvalue weighted by Crippen LogP contribution is 2.28. The minimum absolute atomic E-state index is 0.397. The fourth-order valence-corrected chi connectivity index (χ4v) is 2.48. The molecule has 3 rings (SSSR count). The Morgan fingerprint density at radius 1 is 0.962 bits per heavy atom. The molecular formula is C20H20ClN3O2. The predicted octanol–water partition coefficient (Wildman–Crippen LogP) is 4.44. The van der Waals surface area contributed by atoms with Crippen molar-refractivity contribution in [3.8, 4) is 11.5 Å². The lowest BCUT2D eigenvalue weighted by Gasteiger charge is -2.13. The molecule has 0 aliphatic carbocycles. The molecule has 0 amide bonds. The van der Waals surface area contributed by atoms with E-state index in [4.69, 9.17) is 21.1 Å². The molecule has 0 saturated heterocycles. The zero-order chi connectivity index (χ0) is 18.2. The van der Waals surface area contributed by atoms with Crippen LogP contribution in [0.2, 0.25) is 5.15 Å². The highest BCUT2D eigenvalue weighted by Gasteiger charge is 2.07. The molecule has 1 aromatic heterocycles. The molecule has 0 atom stereocenters. The van der Waals surface area contributed by atoms with Gasteiger partial charge in [-0.3, -0.25) is 0 Å². The largest absolute Gasteiger partial charge is 0.493 e. The second kappa shape index (κ2) is 9.08. The first kappa shape index (κ1) is 18.0. The number of benzene rings is 2. The number of nitrogens with one attached hydrogen (secondary N) is 2. The number of rotatable bonds is 8. The maximum atomic E-state index is 5.84. The minimum Gasteiger partial charge on any atom is -0.493 e. The molecule has 2 N–H and O–H groups in total. The summed E-state index contributed by atoms with van der Waals surface area (Å²) in [6, 6.07) is 19.4. The van der Waals surface area contributed by atoms with Crippen LogP contribution in [0.4, 0.5) is 5.69 Å². The van der Waals surface area contributed by atoms with Crippen LogP contribution in [0.5, 0.6) is 11.5 Å². The van der Waals surface area contributed by atoms with Gasteiger partial charge in [-0.25, -0.2) is 10.4 Å². The summed E-state index contributed by atoms with van der Waals surface area (Å²) in [5.41, 5.74) is 9.37. The summed E-state index contributed by atoms with van der Waals surface area (Å²) in [5.74, 6) is 1.37. The number of halogens is 1. The van der Waals surface area contributed by atoms with Gasteiger partial charge in [0, 0.05) is 24.0 Å². The van der Waals surface area contributed by atoms with Crippen LogP contribution in [0, 0.1) is 0 Å². The van der Waals surface area contributed by atoms with E-state index in [0.717, 1.165) is 16.8 Å². The highest BCUT2D eigenvalue weighted by molar-refractivity contribution is 6.29. The molecule has 2 aromatic carbocycles. The zero-order valence-electron chi connectivity index (χ0n) is 14.4. The average molecular weight is 370 g/mol. The Balaban J connectivity index is 1.57. The van der Waals surface area contributed by atoms with Crippen LogP contribution in [-0.2, 0) is 13.2 Å². The molecule has 134 valence electrons. The van der Waals surface area contributed by atoms with Gasteiger partial charge in [0.15, 0.2) is 11.5 Å². The van der Waals surface area contributed by atoms with Crippen LogP contribution in [0.1, 0.15) is 11.1 Å². The maximum absolute atomic E-state index is 5.84. The van der Waals surface area contributed by atoms with Crippen LogP contribution in [-0.4, -0.2) is 12.1 Å². The van der Waals surface area contributed by atoms with Crippen LogP contribution in [0.25, 0.3) is 0 Å². The zero-order valence-corrected chi connectivity index (χ0v) is 15.2. The van der Waals surface area contributed by atoms with Gasteiger partial charge in [-0.2, -0.15) is 0 Å². The summed E-state index contributed by atoms with van der Waals surface area (Å²) in [6.07, 6.45) is 1.70. The minimum atomic E-state index is 0.397. The number of hydrogen-bond acceptors (Lipinski definition) is 5. The summed E-state index contributed by atoms with van der Waals surface area (Å²) in [5, 5.41) is 0.465. The smallest absolute Gasteiger partial charge is 0.161 e. The van der Waals surface area contributed by atoms with Crippen molar-refractivity contribution in [1.82, 2.24) is 10.4 Å². The van der Waals surface area contributed by atoms with Crippen LogP contribution >= 0.6 is 11.6 Å². The lowest BCUT2D eigenvalue weighted by atomic mass is 10.2. The predicted molar refractivity (Wildman–Crippen MR) is 103 cm³/mol. The molecule has 6 heteroatoms. The number of aromatic nitrogens is 1. The molecular weight excluding hydrogens is 350 g/mol. The number of pyridine rings is 1. The summed E-state index contributed by atoms with van der Waals surface area (Å²) >= 11 is 5.79. The number of hydrazine groups is 1. The van der Waals surface area contributed by atoms with Gasteiger partial charge in [-0.1, -0.05) is 41.9 Å². The molecule has 0 spiro atoms.